The van der Waals surface area contributed by atoms with Crippen molar-refractivity contribution in [2.75, 3.05) is 13.1 Å². The number of rotatable bonds is 4. The van der Waals surface area contributed by atoms with Crippen molar-refractivity contribution in [3.05, 3.63) is 69.4 Å². The molecule has 0 atom stereocenters. The van der Waals surface area contributed by atoms with Crippen molar-refractivity contribution in [1.29, 1.82) is 0 Å². The average Bonchev–Trinajstić information content (AvgIpc) is 2.56. The number of ketones is 1. The van der Waals surface area contributed by atoms with E-state index in [1.807, 2.05) is 18.2 Å². The fraction of sp³-hybridized carbons (Fsp3) is 0.316. The first-order valence-electron chi connectivity index (χ1n) is 7.95. The van der Waals surface area contributed by atoms with Gasteiger partial charge in [-0.2, -0.15) is 0 Å². The number of carbonyl (C=O) groups excluding carboxylic acids is 1. The lowest BCUT2D eigenvalue weighted by molar-refractivity contribution is 0.103. The van der Waals surface area contributed by atoms with Crippen LogP contribution in [0.1, 0.15) is 40.7 Å². The molecule has 0 bridgehead atoms. The molecule has 2 nitrogen and oxygen atoms in total. The number of hydrogen-bond acceptors (Lipinski definition) is 2. The van der Waals surface area contributed by atoms with Crippen LogP contribution >= 0.6 is 15.9 Å². The van der Waals surface area contributed by atoms with E-state index < -0.39 is 5.82 Å². The summed E-state index contributed by atoms with van der Waals surface area (Å²) in [7, 11) is 0. The molecule has 2 aromatic carbocycles. The number of piperidine rings is 1. The summed E-state index contributed by atoms with van der Waals surface area (Å²) >= 11 is 3.22. The maximum Gasteiger partial charge on any atom is 0.196 e. The number of benzene rings is 2. The normalized spacial score (nSPS) is 15.6. The van der Waals surface area contributed by atoms with E-state index in [-0.39, 0.29) is 11.3 Å². The van der Waals surface area contributed by atoms with Crippen LogP contribution in [0, 0.1) is 5.82 Å². The van der Waals surface area contributed by atoms with Crippen molar-refractivity contribution < 1.29 is 9.18 Å². The van der Waals surface area contributed by atoms with Gasteiger partial charge in [0.1, 0.15) is 5.82 Å². The van der Waals surface area contributed by atoms with Gasteiger partial charge in [-0.3, -0.25) is 9.69 Å². The molecule has 120 valence electrons. The number of nitrogens with zero attached hydrogens (tertiary/aromatic N) is 1. The highest BCUT2D eigenvalue weighted by Crippen LogP contribution is 2.22. The van der Waals surface area contributed by atoms with Crippen molar-refractivity contribution in [1.82, 2.24) is 4.90 Å². The molecule has 0 spiro atoms. The van der Waals surface area contributed by atoms with Crippen molar-refractivity contribution in [2.45, 2.75) is 25.8 Å². The topological polar surface area (TPSA) is 20.3 Å². The lowest BCUT2D eigenvalue weighted by atomic mass is 9.97. The number of carbonyl (C=O) groups is 1. The van der Waals surface area contributed by atoms with E-state index in [9.17, 15) is 9.18 Å². The molecule has 1 heterocycles. The van der Waals surface area contributed by atoms with E-state index >= 15 is 0 Å². The summed E-state index contributed by atoms with van der Waals surface area (Å²) in [5, 5.41) is 0. The molecule has 1 saturated heterocycles. The van der Waals surface area contributed by atoms with Crippen LogP contribution in [0.3, 0.4) is 0 Å². The van der Waals surface area contributed by atoms with Gasteiger partial charge >= 0.3 is 0 Å². The Bertz CT molecular complexity index is 710. The van der Waals surface area contributed by atoms with Gasteiger partial charge < -0.3 is 0 Å². The Morgan fingerprint density at radius 1 is 1.04 bits per heavy atom. The molecule has 4 heteroatoms. The van der Waals surface area contributed by atoms with E-state index in [0.717, 1.165) is 25.2 Å². The summed E-state index contributed by atoms with van der Waals surface area (Å²) in [5.41, 5.74) is 1.69. The lowest BCUT2D eigenvalue weighted by Gasteiger charge is -2.27. The third-order valence-electron chi connectivity index (χ3n) is 4.28. The van der Waals surface area contributed by atoms with E-state index in [2.05, 4.69) is 20.8 Å². The predicted octanol–water partition coefficient (Wildman–Crippen LogP) is 4.81. The van der Waals surface area contributed by atoms with Gasteiger partial charge in [0, 0.05) is 16.6 Å². The Kier molecular flexibility index (Phi) is 5.23. The van der Waals surface area contributed by atoms with Crippen LogP contribution in [-0.4, -0.2) is 23.8 Å². The zero-order chi connectivity index (χ0) is 16.2. The van der Waals surface area contributed by atoms with E-state index in [1.165, 1.54) is 25.3 Å². The van der Waals surface area contributed by atoms with Crippen LogP contribution in [0.15, 0.2) is 46.9 Å². The fourth-order valence-corrected chi connectivity index (χ4v) is 3.39. The molecule has 1 fully saturated rings. The van der Waals surface area contributed by atoms with Crippen LogP contribution in [0.2, 0.25) is 0 Å². The van der Waals surface area contributed by atoms with Crippen LogP contribution in [-0.2, 0) is 6.54 Å². The van der Waals surface area contributed by atoms with Gasteiger partial charge in [-0.25, -0.2) is 4.39 Å². The first kappa shape index (κ1) is 16.3. The Morgan fingerprint density at radius 2 is 1.78 bits per heavy atom. The molecular weight excluding hydrogens is 357 g/mol. The predicted molar refractivity (Wildman–Crippen MR) is 93.1 cm³/mol. The molecule has 0 aliphatic carbocycles. The third-order valence-corrected chi connectivity index (χ3v) is 4.77. The summed E-state index contributed by atoms with van der Waals surface area (Å²) in [6, 6.07) is 12.1. The fourth-order valence-electron chi connectivity index (χ4n) is 3.06. The first-order chi connectivity index (χ1) is 11.1. The molecule has 0 amide bonds. The van der Waals surface area contributed by atoms with Crippen molar-refractivity contribution in [3.63, 3.8) is 0 Å². The SMILES string of the molecule is O=C(c1ccc(Br)cc1F)c1ccccc1CN1CCCCC1. The van der Waals surface area contributed by atoms with Gasteiger partial charge in [0.25, 0.3) is 0 Å². The smallest absolute Gasteiger partial charge is 0.196 e. The van der Waals surface area contributed by atoms with Gasteiger partial charge in [-0.05, 0) is 49.7 Å². The molecule has 0 unspecified atom stereocenters. The molecule has 2 aromatic rings. The summed E-state index contributed by atoms with van der Waals surface area (Å²) in [4.78, 5) is 15.1. The molecule has 0 N–H and O–H groups in total. The summed E-state index contributed by atoms with van der Waals surface area (Å²) in [6.45, 7) is 2.88. The maximum absolute atomic E-state index is 14.1. The maximum atomic E-state index is 14.1. The van der Waals surface area contributed by atoms with Crippen LogP contribution < -0.4 is 0 Å². The first-order valence-corrected chi connectivity index (χ1v) is 8.74. The van der Waals surface area contributed by atoms with Crippen LogP contribution in [0.25, 0.3) is 0 Å². The Morgan fingerprint density at radius 3 is 2.52 bits per heavy atom. The highest BCUT2D eigenvalue weighted by Gasteiger charge is 2.19. The molecule has 0 saturated carbocycles. The second kappa shape index (κ2) is 7.37. The largest absolute Gasteiger partial charge is 0.299 e. The Balaban J connectivity index is 1.88. The van der Waals surface area contributed by atoms with E-state index in [1.54, 1.807) is 18.2 Å². The summed E-state index contributed by atoms with van der Waals surface area (Å²) in [6.07, 6.45) is 3.69. The second-order valence-electron chi connectivity index (χ2n) is 5.95. The van der Waals surface area contributed by atoms with Crippen LogP contribution in [0.4, 0.5) is 4.39 Å². The molecule has 23 heavy (non-hydrogen) atoms. The minimum absolute atomic E-state index is 0.124. The van der Waals surface area contributed by atoms with Gasteiger partial charge in [0.05, 0.1) is 5.56 Å². The minimum atomic E-state index is -0.489. The highest BCUT2D eigenvalue weighted by atomic mass is 79.9. The lowest BCUT2D eigenvalue weighted by Crippen LogP contribution is -2.29. The van der Waals surface area contributed by atoms with Crippen molar-refractivity contribution >= 4 is 21.7 Å². The standard InChI is InChI=1S/C19H19BrFNO/c20-15-8-9-17(18(21)12-15)19(23)16-7-3-2-6-14(16)13-22-10-4-1-5-11-22/h2-3,6-9,12H,1,4-5,10-11,13H2. The monoisotopic (exact) mass is 375 g/mol. The van der Waals surface area contributed by atoms with Gasteiger partial charge in [0.15, 0.2) is 5.78 Å². The molecule has 0 aromatic heterocycles. The number of halogens is 2. The van der Waals surface area contributed by atoms with E-state index in [4.69, 9.17) is 0 Å². The van der Waals surface area contributed by atoms with Crippen LogP contribution in [0.5, 0.6) is 0 Å². The molecular formula is C19H19BrFNO. The Labute approximate surface area is 144 Å². The molecule has 0 radical (unpaired) electrons. The second-order valence-corrected chi connectivity index (χ2v) is 6.86. The Hall–Kier alpha value is -1.52. The zero-order valence-corrected chi connectivity index (χ0v) is 14.5. The molecule has 1 aliphatic rings. The van der Waals surface area contributed by atoms with Crippen molar-refractivity contribution in [3.8, 4) is 0 Å². The van der Waals surface area contributed by atoms with Gasteiger partial charge in [-0.15, -0.1) is 0 Å². The number of hydrogen-bond donors (Lipinski definition) is 0. The molecule has 1 aliphatic heterocycles. The average molecular weight is 376 g/mol. The number of likely N-dealkylation sites (tertiary alicyclic amines) is 1. The van der Waals surface area contributed by atoms with Gasteiger partial charge in [0.2, 0.25) is 0 Å². The summed E-state index contributed by atoms with van der Waals surface area (Å²) in [5.74, 6) is -0.736. The minimum Gasteiger partial charge on any atom is -0.299 e. The van der Waals surface area contributed by atoms with Gasteiger partial charge in [-0.1, -0.05) is 46.6 Å². The summed E-state index contributed by atoms with van der Waals surface area (Å²) < 4.78 is 14.7. The van der Waals surface area contributed by atoms with Crippen molar-refractivity contribution in [2.24, 2.45) is 0 Å². The highest BCUT2D eigenvalue weighted by molar-refractivity contribution is 9.10. The molecule has 3 rings (SSSR count). The quantitative estimate of drug-likeness (QED) is 0.714. The van der Waals surface area contributed by atoms with E-state index in [0.29, 0.717) is 10.0 Å². The zero-order valence-electron chi connectivity index (χ0n) is 12.9. The third kappa shape index (κ3) is 3.88.